The van der Waals surface area contributed by atoms with Gasteiger partial charge in [-0.2, -0.15) is 10.5 Å². The summed E-state index contributed by atoms with van der Waals surface area (Å²) in [5.74, 6) is 0. The van der Waals surface area contributed by atoms with Gasteiger partial charge in [-0.1, -0.05) is 35.3 Å². The first-order chi connectivity index (χ1) is 13.9. The molecule has 2 heterocycles. The van der Waals surface area contributed by atoms with Crippen molar-refractivity contribution < 1.29 is 8.42 Å². The third-order valence-corrected chi connectivity index (χ3v) is 8.92. The number of hydrogen-bond acceptors (Lipinski definition) is 8. The monoisotopic (exact) mass is 506 g/mol. The summed E-state index contributed by atoms with van der Waals surface area (Å²) in [5.41, 5.74) is 1.28. The van der Waals surface area contributed by atoms with Crippen molar-refractivity contribution in [3.8, 4) is 12.4 Å². The zero-order valence-electron chi connectivity index (χ0n) is 16.1. The van der Waals surface area contributed by atoms with Gasteiger partial charge in [-0.15, -0.1) is 20.3 Å². The van der Waals surface area contributed by atoms with Crippen molar-refractivity contribution in [2.45, 2.75) is 16.9 Å². The van der Waals surface area contributed by atoms with E-state index in [1.165, 1.54) is 31.0 Å². The van der Waals surface area contributed by atoms with Crippen LogP contribution in [0.3, 0.4) is 0 Å². The Hall–Kier alpha value is -1.95. The third kappa shape index (κ3) is 7.71. The van der Waals surface area contributed by atoms with Crippen LogP contribution in [-0.2, 0) is 19.5 Å². The molecule has 2 aromatic heterocycles. The number of nitrogens with zero attached hydrogens (tertiary/aromatic N) is 6. The molecule has 2 rings (SSSR count). The number of hydrogen-bond donors (Lipinski definition) is 0. The van der Waals surface area contributed by atoms with E-state index in [0.29, 0.717) is 15.9 Å². The largest absolute Gasteiger partial charge is 0.248 e. The second-order valence-electron chi connectivity index (χ2n) is 5.89. The highest BCUT2D eigenvalue weighted by molar-refractivity contribution is 7.94. The first kappa shape index (κ1) is 26.1. The summed E-state index contributed by atoms with van der Waals surface area (Å²) < 4.78 is 29.6. The average molecular weight is 508 g/mol. The van der Waals surface area contributed by atoms with Gasteiger partial charge in [-0.3, -0.25) is 0 Å². The minimum Gasteiger partial charge on any atom is -0.248 e. The van der Waals surface area contributed by atoms with E-state index >= 15 is 0 Å². The van der Waals surface area contributed by atoms with Crippen LogP contribution in [0.5, 0.6) is 0 Å². The molecule has 0 aliphatic heterocycles. The molecular formula is C17H17Cl3N6O2S2. The Bertz CT molecular complexity index is 1090. The molecule has 2 unspecified atom stereocenters. The van der Waals surface area contributed by atoms with E-state index < -0.39 is 24.2 Å². The van der Waals surface area contributed by atoms with Crippen LogP contribution < -0.4 is 0 Å². The van der Waals surface area contributed by atoms with Crippen molar-refractivity contribution >= 4 is 54.3 Å². The SMILES string of the molecule is CS(=O)(=NC#N)[C@H](Cl)c1ccc(Cl)nc1.C[C@@H](c1ccc(Cl)nc1)S(C)(=O)=NC#N. The van der Waals surface area contributed by atoms with E-state index in [4.69, 9.17) is 45.3 Å². The van der Waals surface area contributed by atoms with Gasteiger partial charge in [0.05, 0.1) is 24.7 Å². The normalized spacial score (nSPS) is 16.1. The number of rotatable bonds is 4. The first-order valence-electron chi connectivity index (χ1n) is 7.99. The molecule has 0 aliphatic carbocycles. The Morgan fingerprint density at radius 3 is 1.73 bits per heavy atom. The Kier molecular flexibility index (Phi) is 9.95. The molecule has 0 bridgehead atoms. The summed E-state index contributed by atoms with van der Waals surface area (Å²) in [6.07, 6.45) is 8.79. The van der Waals surface area contributed by atoms with Crippen LogP contribution in [0.25, 0.3) is 0 Å². The van der Waals surface area contributed by atoms with Gasteiger partial charge in [-0.25, -0.2) is 18.4 Å². The van der Waals surface area contributed by atoms with Gasteiger partial charge in [0.25, 0.3) is 0 Å². The van der Waals surface area contributed by atoms with Gasteiger partial charge < -0.3 is 0 Å². The second-order valence-corrected chi connectivity index (χ2v) is 12.3. The molecule has 30 heavy (non-hydrogen) atoms. The lowest BCUT2D eigenvalue weighted by Gasteiger charge is -2.11. The molecule has 8 nitrogen and oxygen atoms in total. The Balaban J connectivity index is 0.000000300. The van der Waals surface area contributed by atoms with Crippen molar-refractivity contribution in [2.24, 2.45) is 8.73 Å². The summed E-state index contributed by atoms with van der Waals surface area (Å²) in [4.78, 5) is 7.69. The van der Waals surface area contributed by atoms with Crippen LogP contribution in [0.15, 0.2) is 45.4 Å². The van der Waals surface area contributed by atoms with E-state index in [9.17, 15) is 8.42 Å². The maximum Gasteiger partial charge on any atom is 0.214 e. The summed E-state index contributed by atoms with van der Waals surface area (Å²) in [7, 11) is -5.33. The fourth-order valence-electron chi connectivity index (χ4n) is 1.94. The number of nitriles is 2. The Morgan fingerprint density at radius 1 is 0.900 bits per heavy atom. The molecule has 0 saturated heterocycles. The lowest BCUT2D eigenvalue weighted by molar-refractivity contribution is 0.673. The lowest BCUT2D eigenvalue weighted by atomic mass is 10.2. The minimum absolute atomic E-state index is 0.322. The lowest BCUT2D eigenvalue weighted by Crippen LogP contribution is -2.07. The van der Waals surface area contributed by atoms with Gasteiger partial charge in [0, 0.05) is 30.5 Å². The van der Waals surface area contributed by atoms with E-state index in [1.807, 2.05) is 0 Å². The van der Waals surface area contributed by atoms with Crippen LogP contribution in [0.2, 0.25) is 10.3 Å². The summed E-state index contributed by atoms with van der Waals surface area (Å²) in [6.45, 7) is 1.74. The highest BCUT2D eigenvalue weighted by Crippen LogP contribution is 2.27. The minimum atomic E-state index is -2.78. The van der Waals surface area contributed by atoms with Gasteiger partial charge in [0.2, 0.25) is 12.4 Å². The smallest absolute Gasteiger partial charge is 0.214 e. The number of alkyl halides is 1. The fraction of sp³-hybridized carbons (Fsp3) is 0.294. The third-order valence-electron chi connectivity index (χ3n) is 3.72. The zero-order valence-corrected chi connectivity index (χ0v) is 20.0. The fourth-order valence-corrected chi connectivity index (χ4v) is 4.28. The topological polar surface area (TPSA) is 132 Å². The standard InChI is InChI=1S/C9H10ClN3OS.C8H7Cl2N3OS/c1-7(15(2,14)13-6-11)8-3-4-9(10)12-5-8;1-15(14,13-5-11)8(10)6-2-3-7(9)12-4-6/h3-5,7H,1-2H3;2-4,8H,1H3/t7-,15?;8-,15?/m00/s1. The highest BCUT2D eigenvalue weighted by Gasteiger charge is 2.19. The van der Waals surface area contributed by atoms with Crippen LogP contribution >= 0.6 is 34.8 Å². The van der Waals surface area contributed by atoms with Crippen molar-refractivity contribution in [1.82, 2.24) is 9.97 Å². The molecule has 0 fully saturated rings. The van der Waals surface area contributed by atoms with Crippen molar-refractivity contribution in [2.75, 3.05) is 12.5 Å². The van der Waals surface area contributed by atoms with Gasteiger partial charge in [0.15, 0.2) is 0 Å². The summed E-state index contributed by atoms with van der Waals surface area (Å²) in [5, 5.41) is 17.1. The number of pyridine rings is 2. The summed E-state index contributed by atoms with van der Waals surface area (Å²) >= 11 is 17.1. The molecule has 4 atom stereocenters. The molecular weight excluding hydrogens is 491 g/mol. The van der Waals surface area contributed by atoms with E-state index in [2.05, 4.69) is 18.7 Å². The molecule has 0 aliphatic rings. The van der Waals surface area contributed by atoms with Gasteiger partial charge in [0.1, 0.15) is 15.0 Å². The molecule has 0 radical (unpaired) electrons. The predicted molar refractivity (Wildman–Crippen MR) is 120 cm³/mol. The Morgan fingerprint density at radius 2 is 1.33 bits per heavy atom. The van der Waals surface area contributed by atoms with Crippen LogP contribution in [0.4, 0.5) is 0 Å². The number of halogens is 3. The van der Waals surface area contributed by atoms with Crippen LogP contribution in [0.1, 0.15) is 28.0 Å². The molecule has 0 saturated carbocycles. The maximum atomic E-state index is 11.9. The van der Waals surface area contributed by atoms with E-state index in [1.54, 1.807) is 37.5 Å². The molecule has 0 spiro atoms. The Labute approximate surface area is 191 Å². The molecule has 0 aromatic carbocycles. The van der Waals surface area contributed by atoms with Crippen molar-refractivity contribution in [3.05, 3.63) is 58.1 Å². The van der Waals surface area contributed by atoms with Crippen molar-refractivity contribution in [3.63, 3.8) is 0 Å². The highest BCUT2D eigenvalue weighted by atomic mass is 35.5. The zero-order chi connectivity index (χ0) is 22.9. The average Bonchev–Trinajstić information content (AvgIpc) is 2.68. The predicted octanol–water partition coefficient (Wildman–Crippen LogP) is 4.93. The van der Waals surface area contributed by atoms with Crippen LogP contribution in [0, 0.1) is 22.9 Å². The molecule has 13 heteroatoms. The molecule has 2 aromatic rings. The summed E-state index contributed by atoms with van der Waals surface area (Å²) in [6, 6.07) is 6.49. The molecule has 160 valence electrons. The van der Waals surface area contributed by atoms with Crippen LogP contribution in [-0.4, -0.2) is 30.9 Å². The quantitative estimate of drug-likeness (QED) is 0.327. The van der Waals surface area contributed by atoms with E-state index in [-0.39, 0.29) is 5.25 Å². The van der Waals surface area contributed by atoms with Crippen molar-refractivity contribution in [1.29, 1.82) is 10.5 Å². The number of aromatic nitrogens is 2. The second kappa shape index (κ2) is 11.4. The van der Waals surface area contributed by atoms with E-state index in [0.717, 1.165) is 5.56 Å². The molecule has 0 N–H and O–H groups in total. The maximum absolute atomic E-state index is 11.9. The first-order valence-corrected chi connectivity index (χ1v) is 13.2. The molecule has 0 amide bonds. The van der Waals surface area contributed by atoms with Gasteiger partial charge >= 0.3 is 0 Å². The van der Waals surface area contributed by atoms with Gasteiger partial charge in [-0.05, 0) is 24.6 Å².